The van der Waals surface area contributed by atoms with E-state index in [1.807, 2.05) is 0 Å². The number of hydrogen-bond acceptors (Lipinski definition) is 9. The van der Waals surface area contributed by atoms with E-state index in [0.717, 1.165) is 0 Å². The van der Waals surface area contributed by atoms with Crippen LogP contribution < -0.4 is 33.2 Å². The first-order valence-electron chi connectivity index (χ1n) is 9.20. The first-order valence-corrected chi connectivity index (χ1v) is 9.20. The molecule has 9 heteroatoms. The van der Waals surface area contributed by atoms with Crippen molar-refractivity contribution in [2.45, 2.75) is 0 Å². The van der Waals surface area contributed by atoms with Gasteiger partial charge in [0.1, 0.15) is 12.0 Å². The summed E-state index contributed by atoms with van der Waals surface area (Å²) in [6.45, 7) is 0. The van der Waals surface area contributed by atoms with E-state index in [1.54, 1.807) is 53.7 Å². The van der Waals surface area contributed by atoms with Crippen LogP contribution in [0.25, 0.3) is 22.4 Å². The van der Waals surface area contributed by atoms with Gasteiger partial charge >= 0.3 is 0 Å². The molecule has 166 valence electrons. The molecule has 0 fully saturated rings. The molecule has 0 saturated heterocycles. The second kappa shape index (κ2) is 9.38. The van der Waals surface area contributed by atoms with Gasteiger partial charge in [-0.15, -0.1) is 0 Å². The van der Waals surface area contributed by atoms with Gasteiger partial charge in [0, 0.05) is 11.1 Å². The highest BCUT2D eigenvalue weighted by molar-refractivity contribution is 5.88. The summed E-state index contributed by atoms with van der Waals surface area (Å²) in [5, 5.41) is 4.20. The zero-order valence-corrected chi connectivity index (χ0v) is 18.5. The largest absolute Gasteiger partial charge is 0.493 e. The summed E-state index contributed by atoms with van der Waals surface area (Å²) in [5.74, 6) is 3.16. The standard InChI is InChI=1S/C22H25NO8/c1-24-15-8-12(9-16(25-2)20(15)28-5)18-14(11-31-23-18)13-10-17(26-3)21(29-6)22(30-7)19(13)27-4/h8-11H,1-7H3. The number of hydrogen-bond donors (Lipinski definition) is 0. The van der Waals surface area contributed by atoms with E-state index in [1.165, 1.54) is 20.5 Å². The lowest BCUT2D eigenvalue weighted by Gasteiger charge is -2.18. The minimum Gasteiger partial charge on any atom is -0.493 e. The van der Waals surface area contributed by atoms with Crippen LogP contribution in [0.3, 0.4) is 0 Å². The Morgan fingerprint density at radius 3 is 1.55 bits per heavy atom. The lowest BCUT2D eigenvalue weighted by molar-refractivity contribution is 0.306. The normalized spacial score (nSPS) is 10.4. The lowest BCUT2D eigenvalue weighted by atomic mass is 9.99. The van der Waals surface area contributed by atoms with Crippen LogP contribution in [0.15, 0.2) is 29.0 Å². The Labute approximate surface area is 180 Å². The van der Waals surface area contributed by atoms with Crippen molar-refractivity contribution in [3.8, 4) is 62.6 Å². The summed E-state index contributed by atoms with van der Waals surface area (Å²) in [5.41, 5.74) is 2.51. The second-order valence-corrected chi connectivity index (χ2v) is 6.22. The highest BCUT2D eigenvalue weighted by Gasteiger charge is 2.26. The molecule has 3 rings (SSSR count). The van der Waals surface area contributed by atoms with Crippen LogP contribution in [0.1, 0.15) is 0 Å². The first kappa shape index (κ1) is 21.9. The van der Waals surface area contributed by atoms with Crippen LogP contribution in [0.2, 0.25) is 0 Å². The average Bonchev–Trinajstić information content (AvgIpc) is 3.30. The van der Waals surface area contributed by atoms with Crippen LogP contribution in [0.5, 0.6) is 40.2 Å². The summed E-state index contributed by atoms with van der Waals surface area (Å²) in [6, 6.07) is 5.34. The number of benzene rings is 2. The molecule has 0 aliphatic heterocycles. The molecule has 0 spiro atoms. The van der Waals surface area contributed by atoms with Crippen LogP contribution in [0.4, 0.5) is 0 Å². The van der Waals surface area contributed by atoms with Crippen LogP contribution >= 0.6 is 0 Å². The Morgan fingerprint density at radius 2 is 1.06 bits per heavy atom. The van der Waals surface area contributed by atoms with Crippen molar-refractivity contribution in [3.05, 3.63) is 24.5 Å². The third-order valence-corrected chi connectivity index (χ3v) is 4.79. The van der Waals surface area contributed by atoms with Crippen molar-refractivity contribution in [2.24, 2.45) is 0 Å². The van der Waals surface area contributed by atoms with Gasteiger partial charge in [-0.25, -0.2) is 0 Å². The van der Waals surface area contributed by atoms with Gasteiger partial charge in [0.2, 0.25) is 17.2 Å². The maximum absolute atomic E-state index is 5.65. The van der Waals surface area contributed by atoms with Gasteiger partial charge in [-0.1, -0.05) is 5.16 Å². The van der Waals surface area contributed by atoms with Crippen molar-refractivity contribution in [2.75, 3.05) is 49.8 Å². The zero-order chi connectivity index (χ0) is 22.5. The topological polar surface area (TPSA) is 90.6 Å². The van der Waals surface area contributed by atoms with E-state index in [0.29, 0.717) is 62.6 Å². The van der Waals surface area contributed by atoms with E-state index >= 15 is 0 Å². The third-order valence-electron chi connectivity index (χ3n) is 4.79. The van der Waals surface area contributed by atoms with Crippen LogP contribution in [-0.2, 0) is 0 Å². The van der Waals surface area contributed by atoms with Gasteiger partial charge < -0.3 is 37.7 Å². The van der Waals surface area contributed by atoms with Gasteiger partial charge in [-0.3, -0.25) is 0 Å². The lowest BCUT2D eigenvalue weighted by Crippen LogP contribution is -2.00. The molecule has 0 saturated carbocycles. The Hall–Kier alpha value is -3.75. The molecule has 9 nitrogen and oxygen atoms in total. The van der Waals surface area contributed by atoms with E-state index in [-0.39, 0.29) is 0 Å². The minimum atomic E-state index is 0.386. The van der Waals surface area contributed by atoms with Gasteiger partial charge in [-0.05, 0) is 18.2 Å². The molecule has 31 heavy (non-hydrogen) atoms. The molecule has 2 aromatic carbocycles. The summed E-state index contributed by atoms with van der Waals surface area (Å²) in [4.78, 5) is 0. The van der Waals surface area contributed by atoms with Gasteiger partial charge in [0.05, 0.1) is 55.3 Å². The van der Waals surface area contributed by atoms with Crippen molar-refractivity contribution >= 4 is 0 Å². The van der Waals surface area contributed by atoms with Crippen LogP contribution in [-0.4, -0.2) is 54.9 Å². The molecule has 0 atom stereocenters. The molecule has 0 unspecified atom stereocenters. The summed E-state index contributed by atoms with van der Waals surface area (Å²) < 4.78 is 43.8. The Balaban J connectivity index is 2.28. The predicted molar refractivity (Wildman–Crippen MR) is 113 cm³/mol. The summed E-state index contributed by atoms with van der Waals surface area (Å²) in [6.07, 6.45) is 1.52. The third kappa shape index (κ3) is 3.74. The fourth-order valence-corrected chi connectivity index (χ4v) is 3.39. The van der Waals surface area contributed by atoms with Gasteiger partial charge in [-0.2, -0.15) is 0 Å². The van der Waals surface area contributed by atoms with Crippen molar-refractivity contribution in [1.29, 1.82) is 0 Å². The molecular formula is C22H25NO8. The maximum Gasteiger partial charge on any atom is 0.207 e. The molecular weight excluding hydrogens is 406 g/mol. The molecule has 1 aromatic heterocycles. The zero-order valence-electron chi connectivity index (χ0n) is 18.5. The molecule has 0 aliphatic rings. The smallest absolute Gasteiger partial charge is 0.207 e. The molecule has 0 radical (unpaired) electrons. The molecule has 0 amide bonds. The molecule has 1 heterocycles. The van der Waals surface area contributed by atoms with Gasteiger partial charge in [0.25, 0.3) is 0 Å². The monoisotopic (exact) mass is 431 g/mol. The number of aromatic nitrogens is 1. The Morgan fingerprint density at radius 1 is 0.548 bits per heavy atom. The molecule has 0 aliphatic carbocycles. The molecule has 0 N–H and O–H groups in total. The van der Waals surface area contributed by atoms with Crippen molar-refractivity contribution < 1.29 is 37.7 Å². The van der Waals surface area contributed by atoms with E-state index in [9.17, 15) is 0 Å². The van der Waals surface area contributed by atoms with E-state index in [4.69, 9.17) is 37.7 Å². The number of ether oxygens (including phenoxy) is 7. The Kier molecular flexibility index (Phi) is 6.64. The second-order valence-electron chi connectivity index (χ2n) is 6.22. The van der Waals surface area contributed by atoms with Crippen molar-refractivity contribution in [1.82, 2.24) is 5.16 Å². The highest BCUT2D eigenvalue weighted by Crippen LogP contribution is 2.52. The van der Waals surface area contributed by atoms with Crippen LogP contribution in [0, 0.1) is 0 Å². The Bertz CT molecular complexity index is 1030. The van der Waals surface area contributed by atoms with Crippen molar-refractivity contribution in [3.63, 3.8) is 0 Å². The SMILES string of the molecule is COc1cc(-c2nocc2-c2cc(OC)c(OC)c(OC)c2OC)cc(OC)c1OC. The summed E-state index contributed by atoms with van der Waals surface area (Å²) >= 11 is 0. The first-order chi connectivity index (χ1) is 15.1. The minimum absolute atomic E-state index is 0.386. The average molecular weight is 431 g/mol. The fourth-order valence-electron chi connectivity index (χ4n) is 3.39. The number of rotatable bonds is 9. The maximum atomic E-state index is 5.65. The quantitative estimate of drug-likeness (QED) is 0.497. The fraction of sp³-hybridized carbons (Fsp3) is 0.318. The molecule has 3 aromatic rings. The van der Waals surface area contributed by atoms with E-state index in [2.05, 4.69) is 5.16 Å². The highest BCUT2D eigenvalue weighted by atomic mass is 16.5. The predicted octanol–water partition coefficient (Wildman–Crippen LogP) is 4.07. The summed E-state index contributed by atoms with van der Waals surface area (Å²) in [7, 11) is 10.8. The molecule has 0 bridgehead atoms. The number of methoxy groups -OCH3 is 7. The van der Waals surface area contributed by atoms with Gasteiger partial charge in [0.15, 0.2) is 23.0 Å². The van der Waals surface area contributed by atoms with E-state index < -0.39 is 0 Å². The number of nitrogens with zero attached hydrogens (tertiary/aromatic N) is 1.